The van der Waals surface area contributed by atoms with E-state index in [0.717, 1.165) is 29.1 Å². The molecule has 0 fully saturated rings. The molecule has 0 spiro atoms. The highest BCUT2D eigenvalue weighted by Gasteiger charge is 2.18. The van der Waals surface area contributed by atoms with Crippen molar-refractivity contribution in [2.24, 2.45) is 0 Å². The number of furan rings is 1. The van der Waals surface area contributed by atoms with Crippen molar-refractivity contribution < 1.29 is 13.9 Å². The highest BCUT2D eigenvalue weighted by molar-refractivity contribution is 5.96. The molecule has 4 heteroatoms. The van der Waals surface area contributed by atoms with E-state index in [1.807, 2.05) is 45.0 Å². The molecule has 0 aliphatic heterocycles. The quantitative estimate of drug-likeness (QED) is 0.919. The van der Waals surface area contributed by atoms with E-state index in [0.29, 0.717) is 17.9 Å². The van der Waals surface area contributed by atoms with Crippen LogP contribution in [-0.2, 0) is 6.42 Å². The molecule has 0 atom stereocenters. The SMILES string of the molecule is COc1ccccc1CCNC(=O)c1c(C)oc(C)c1C. The number of aryl methyl sites for hydroxylation is 2. The van der Waals surface area contributed by atoms with Crippen LogP contribution in [0.15, 0.2) is 28.7 Å². The second kappa shape index (κ2) is 6.48. The summed E-state index contributed by atoms with van der Waals surface area (Å²) in [6, 6.07) is 7.82. The number of carbonyl (C=O) groups excluding carboxylic acids is 1. The average Bonchev–Trinajstić information content (AvgIpc) is 2.72. The lowest BCUT2D eigenvalue weighted by atomic mass is 10.1. The molecule has 0 unspecified atom stereocenters. The van der Waals surface area contributed by atoms with E-state index in [1.54, 1.807) is 7.11 Å². The number of rotatable bonds is 5. The minimum atomic E-state index is -0.0863. The van der Waals surface area contributed by atoms with Crippen LogP contribution in [0.2, 0.25) is 0 Å². The first-order chi connectivity index (χ1) is 10.0. The van der Waals surface area contributed by atoms with Gasteiger partial charge < -0.3 is 14.5 Å². The van der Waals surface area contributed by atoms with Gasteiger partial charge >= 0.3 is 0 Å². The number of ether oxygens (including phenoxy) is 1. The van der Waals surface area contributed by atoms with E-state index in [1.165, 1.54) is 0 Å². The van der Waals surface area contributed by atoms with Gasteiger partial charge in [0.2, 0.25) is 0 Å². The Balaban J connectivity index is 1.99. The number of methoxy groups -OCH3 is 1. The molecule has 112 valence electrons. The Hall–Kier alpha value is -2.23. The summed E-state index contributed by atoms with van der Waals surface area (Å²) in [6.07, 6.45) is 0.727. The van der Waals surface area contributed by atoms with Crippen molar-refractivity contribution in [2.45, 2.75) is 27.2 Å². The van der Waals surface area contributed by atoms with Crippen LogP contribution < -0.4 is 10.1 Å². The highest BCUT2D eigenvalue weighted by atomic mass is 16.5. The summed E-state index contributed by atoms with van der Waals surface area (Å²) >= 11 is 0. The molecule has 0 aliphatic rings. The summed E-state index contributed by atoms with van der Waals surface area (Å²) in [5.74, 6) is 2.22. The van der Waals surface area contributed by atoms with Crippen LogP contribution in [0, 0.1) is 20.8 Å². The first-order valence-corrected chi connectivity index (χ1v) is 7.01. The Kier molecular flexibility index (Phi) is 4.68. The Bertz CT molecular complexity index is 643. The van der Waals surface area contributed by atoms with Gasteiger partial charge in [0, 0.05) is 12.1 Å². The van der Waals surface area contributed by atoms with Crippen molar-refractivity contribution in [2.75, 3.05) is 13.7 Å². The normalized spacial score (nSPS) is 10.5. The molecule has 2 rings (SSSR count). The van der Waals surface area contributed by atoms with Crippen molar-refractivity contribution in [1.29, 1.82) is 0 Å². The van der Waals surface area contributed by atoms with E-state index in [-0.39, 0.29) is 5.91 Å². The fourth-order valence-electron chi connectivity index (χ4n) is 2.44. The van der Waals surface area contributed by atoms with Gasteiger partial charge in [-0.2, -0.15) is 0 Å². The number of nitrogens with one attached hydrogen (secondary N) is 1. The molecule has 1 N–H and O–H groups in total. The van der Waals surface area contributed by atoms with Crippen LogP contribution in [0.4, 0.5) is 0 Å². The van der Waals surface area contributed by atoms with Gasteiger partial charge in [0.25, 0.3) is 5.91 Å². The van der Waals surface area contributed by atoms with Crippen LogP contribution >= 0.6 is 0 Å². The monoisotopic (exact) mass is 287 g/mol. The summed E-state index contributed by atoms with van der Waals surface area (Å²) in [5, 5.41) is 2.94. The zero-order chi connectivity index (χ0) is 15.4. The van der Waals surface area contributed by atoms with Gasteiger partial charge in [0.15, 0.2) is 0 Å². The predicted molar refractivity (Wildman–Crippen MR) is 82.0 cm³/mol. The van der Waals surface area contributed by atoms with E-state index in [4.69, 9.17) is 9.15 Å². The van der Waals surface area contributed by atoms with Crippen LogP contribution in [0.25, 0.3) is 0 Å². The summed E-state index contributed by atoms with van der Waals surface area (Å²) < 4.78 is 10.8. The van der Waals surface area contributed by atoms with Gasteiger partial charge in [0.1, 0.15) is 17.3 Å². The number of para-hydroxylation sites is 1. The van der Waals surface area contributed by atoms with E-state index in [9.17, 15) is 4.79 Å². The minimum absolute atomic E-state index is 0.0863. The number of hydrogen-bond acceptors (Lipinski definition) is 3. The molecule has 0 bridgehead atoms. The molecule has 4 nitrogen and oxygen atoms in total. The van der Waals surface area contributed by atoms with Crippen LogP contribution in [0.5, 0.6) is 5.75 Å². The molecule has 0 aliphatic carbocycles. The van der Waals surface area contributed by atoms with Gasteiger partial charge in [-0.15, -0.1) is 0 Å². The largest absolute Gasteiger partial charge is 0.496 e. The van der Waals surface area contributed by atoms with Crippen LogP contribution in [-0.4, -0.2) is 19.6 Å². The Labute approximate surface area is 125 Å². The van der Waals surface area contributed by atoms with E-state index < -0.39 is 0 Å². The van der Waals surface area contributed by atoms with E-state index in [2.05, 4.69) is 5.32 Å². The number of amides is 1. The number of carbonyl (C=O) groups is 1. The third kappa shape index (κ3) is 3.27. The molecular formula is C17H21NO3. The molecule has 0 saturated heterocycles. The molecule has 21 heavy (non-hydrogen) atoms. The summed E-state index contributed by atoms with van der Waals surface area (Å²) in [4.78, 5) is 12.2. The average molecular weight is 287 g/mol. The van der Waals surface area contributed by atoms with Gasteiger partial charge in [-0.25, -0.2) is 0 Å². The third-order valence-corrected chi connectivity index (χ3v) is 3.66. The second-order valence-electron chi connectivity index (χ2n) is 5.03. The Morgan fingerprint density at radius 2 is 1.90 bits per heavy atom. The lowest BCUT2D eigenvalue weighted by molar-refractivity contribution is 0.0952. The zero-order valence-electron chi connectivity index (χ0n) is 12.9. The van der Waals surface area contributed by atoms with Gasteiger partial charge in [-0.05, 0) is 38.8 Å². The Morgan fingerprint density at radius 1 is 1.19 bits per heavy atom. The van der Waals surface area contributed by atoms with Crippen molar-refractivity contribution in [3.8, 4) is 5.75 Å². The van der Waals surface area contributed by atoms with Gasteiger partial charge in [-0.3, -0.25) is 4.79 Å². The number of hydrogen-bond donors (Lipinski definition) is 1. The first kappa shape index (κ1) is 15.2. The zero-order valence-corrected chi connectivity index (χ0v) is 12.9. The van der Waals surface area contributed by atoms with Crippen molar-refractivity contribution >= 4 is 5.91 Å². The molecule has 0 radical (unpaired) electrons. The molecule has 2 aromatic rings. The maximum Gasteiger partial charge on any atom is 0.255 e. The van der Waals surface area contributed by atoms with Crippen LogP contribution in [0.3, 0.4) is 0 Å². The van der Waals surface area contributed by atoms with Crippen molar-refractivity contribution in [3.63, 3.8) is 0 Å². The molecule has 1 heterocycles. The molecule has 1 aromatic heterocycles. The lowest BCUT2D eigenvalue weighted by Crippen LogP contribution is -2.26. The molecular weight excluding hydrogens is 266 g/mol. The fraction of sp³-hybridized carbons (Fsp3) is 0.353. The molecule has 1 amide bonds. The maximum atomic E-state index is 12.2. The highest BCUT2D eigenvalue weighted by Crippen LogP contribution is 2.21. The smallest absolute Gasteiger partial charge is 0.255 e. The van der Waals surface area contributed by atoms with Crippen molar-refractivity contribution in [3.05, 3.63) is 52.5 Å². The topological polar surface area (TPSA) is 51.5 Å². The van der Waals surface area contributed by atoms with Gasteiger partial charge in [0.05, 0.1) is 12.7 Å². The fourth-order valence-corrected chi connectivity index (χ4v) is 2.44. The summed E-state index contributed by atoms with van der Waals surface area (Å²) in [7, 11) is 1.65. The maximum absolute atomic E-state index is 12.2. The second-order valence-corrected chi connectivity index (χ2v) is 5.03. The first-order valence-electron chi connectivity index (χ1n) is 7.01. The molecule has 0 saturated carbocycles. The minimum Gasteiger partial charge on any atom is -0.496 e. The summed E-state index contributed by atoms with van der Waals surface area (Å²) in [6.45, 7) is 6.15. The van der Waals surface area contributed by atoms with E-state index >= 15 is 0 Å². The third-order valence-electron chi connectivity index (χ3n) is 3.66. The lowest BCUT2D eigenvalue weighted by Gasteiger charge is -2.09. The standard InChI is InChI=1S/C17H21NO3/c1-11-12(2)21-13(3)16(11)17(19)18-10-9-14-7-5-6-8-15(14)20-4/h5-8H,9-10H2,1-4H3,(H,18,19). The summed E-state index contributed by atoms with van der Waals surface area (Å²) in [5.41, 5.74) is 2.63. The Morgan fingerprint density at radius 3 is 2.52 bits per heavy atom. The van der Waals surface area contributed by atoms with Crippen LogP contribution in [0.1, 0.15) is 33.0 Å². The predicted octanol–water partition coefficient (Wildman–Crippen LogP) is 3.19. The van der Waals surface area contributed by atoms with Gasteiger partial charge in [-0.1, -0.05) is 18.2 Å². The molecule has 1 aromatic carbocycles. The van der Waals surface area contributed by atoms with Crippen molar-refractivity contribution in [1.82, 2.24) is 5.32 Å². The number of benzene rings is 1.